The van der Waals surface area contributed by atoms with Gasteiger partial charge in [0.2, 0.25) is 5.91 Å². The molecule has 0 saturated heterocycles. The van der Waals surface area contributed by atoms with Crippen LogP contribution >= 0.6 is 15.9 Å². The first kappa shape index (κ1) is 10.7. The number of hydrogen-bond acceptors (Lipinski definition) is 1. The second-order valence-corrected chi connectivity index (χ2v) is 5.13. The molecule has 1 amide bonds. The summed E-state index contributed by atoms with van der Waals surface area (Å²) in [5.41, 5.74) is 2.02. The number of amides is 1. The maximum Gasteiger partial charge on any atom is 0.227 e. The van der Waals surface area contributed by atoms with Gasteiger partial charge in [0.1, 0.15) is 0 Å². The third-order valence-electron chi connectivity index (χ3n) is 2.87. The minimum atomic E-state index is 0.157. The zero-order valence-electron chi connectivity index (χ0n) is 8.88. The van der Waals surface area contributed by atoms with E-state index in [1.54, 1.807) is 0 Å². The molecule has 2 nitrogen and oxygen atoms in total. The topological polar surface area (TPSA) is 29.1 Å². The molecule has 2 rings (SSSR count). The average Bonchev–Trinajstić information content (AvgIpc) is 2.89. The lowest BCUT2D eigenvalue weighted by Crippen LogP contribution is -2.14. The first-order chi connectivity index (χ1) is 7.08. The van der Waals surface area contributed by atoms with E-state index >= 15 is 0 Å². The van der Waals surface area contributed by atoms with Crippen molar-refractivity contribution in [3.05, 3.63) is 28.2 Å². The Kier molecular flexibility index (Phi) is 2.83. The van der Waals surface area contributed by atoms with E-state index in [1.807, 2.05) is 25.1 Å². The highest BCUT2D eigenvalue weighted by atomic mass is 79.9. The van der Waals surface area contributed by atoms with E-state index in [0.717, 1.165) is 22.1 Å². The summed E-state index contributed by atoms with van der Waals surface area (Å²) in [6.07, 6.45) is 1.03. The molecule has 2 atom stereocenters. The van der Waals surface area contributed by atoms with E-state index in [9.17, 15) is 4.79 Å². The van der Waals surface area contributed by atoms with E-state index < -0.39 is 0 Å². The van der Waals surface area contributed by atoms with Crippen molar-refractivity contribution in [2.45, 2.75) is 20.3 Å². The molecule has 1 aliphatic carbocycles. The van der Waals surface area contributed by atoms with Crippen molar-refractivity contribution in [2.24, 2.45) is 11.8 Å². The lowest BCUT2D eigenvalue weighted by molar-refractivity contribution is -0.117. The van der Waals surface area contributed by atoms with Crippen LogP contribution in [0.15, 0.2) is 22.7 Å². The van der Waals surface area contributed by atoms with Gasteiger partial charge in [0.25, 0.3) is 0 Å². The minimum Gasteiger partial charge on any atom is -0.326 e. The average molecular weight is 268 g/mol. The summed E-state index contributed by atoms with van der Waals surface area (Å²) in [4.78, 5) is 11.7. The lowest BCUT2D eigenvalue weighted by atomic mass is 10.2. The van der Waals surface area contributed by atoms with Gasteiger partial charge in [-0.3, -0.25) is 4.79 Å². The van der Waals surface area contributed by atoms with Gasteiger partial charge in [-0.05, 0) is 43.0 Å². The second-order valence-electron chi connectivity index (χ2n) is 4.27. The Morgan fingerprint density at radius 1 is 1.53 bits per heavy atom. The Morgan fingerprint density at radius 3 is 2.73 bits per heavy atom. The van der Waals surface area contributed by atoms with E-state index in [0.29, 0.717) is 5.92 Å². The molecule has 15 heavy (non-hydrogen) atoms. The third kappa shape index (κ3) is 2.40. The molecule has 3 heteroatoms. The normalized spacial score (nSPS) is 23.7. The fraction of sp³-hybridized carbons (Fsp3) is 0.417. The quantitative estimate of drug-likeness (QED) is 0.875. The molecule has 0 unspecified atom stereocenters. The zero-order valence-corrected chi connectivity index (χ0v) is 10.5. The molecule has 80 valence electrons. The highest BCUT2D eigenvalue weighted by Crippen LogP contribution is 2.38. The van der Waals surface area contributed by atoms with Crippen LogP contribution in [0.2, 0.25) is 0 Å². The second kappa shape index (κ2) is 3.97. The third-order valence-corrected chi connectivity index (χ3v) is 3.76. The molecule has 1 saturated carbocycles. The largest absolute Gasteiger partial charge is 0.326 e. The number of rotatable bonds is 2. The van der Waals surface area contributed by atoms with E-state index in [2.05, 4.69) is 28.2 Å². The minimum absolute atomic E-state index is 0.157. The number of carbonyl (C=O) groups is 1. The molecule has 0 aromatic heterocycles. The smallest absolute Gasteiger partial charge is 0.227 e. The zero-order chi connectivity index (χ0) is 11.0. The number of nitrogens with one attached hydrogen (secondary N) is 1. The summed E-state index contributed by atoms with van der Waals surface area (Å²) >= 11 is 3.43. The Labute approximate surface area is 98.2 Å². The molecule has 1 aromatic carbocycles. The van der Waals surface area contributed by atoms with Crippen molar-refractivity contribution in [1.29, 1.82) is 0 Å². The SMILES string of the molecule is Cc1cc(NC(=O)[C@@H]2C[C@H]2C)ccc1Br. The monoisotopic (exact) mass is 267 g/mol. The Hall–Kier alpha value is -0.830. The van der Waals surface area contributed by atoms with Crippen LogP contribution in [0.25, 0.3) is 0 Å². The number of anilines is 1. The van der Waals surface area contributed by atoms with Crippen LogP contribution < -0.4 is 5.32 Å². The number of aryl methyl sites for hydroxylation is 1. The summed E-state index contributed by atoms with van der Waals surface area (Å²) in [5.74, 6) is 0.944. The fourth-order valence-electron chi connectivity index (χ4n) is 1.64. The van der Waals surface area contributed by atoms with E-state index in [1.165, 1.54) is 0 Å². The van der Waals surface area contributed by atoms with Gasteiger partial charge in [-0.25, -0.2) is 0 Å². The van der Waals surface area contributed by atoms with Crippen LogP contribution in [0.5, 0.6) is 0 Å². The van der Waals surface area contributed by atoms with Crippen molar-refractivity contribution < 1.29 is 4.79 Å². The maximum atomic E-state index is 11.7. The summed E-state index contributed by atoms with van der Waals surface area (Å²) in [7, 11) is 0. The van der Waals surface area contributed by atoms with Crippen LogP contribution in [0.3, 0.4) is 0 Å². The van der Waals surface area contributed by atoms with Gasteiger partial charge < -0.3 is 5.32 Å². The van der Waals surface area contributed by atoms with Gasteiger partial charge in [0.05, 0.1) is 0 Å². The highest BCUT2D eigenvalue weighted by Gasteiger charge is 2.38. The molecular weight excluding hydrogens is 254 g/mol. The van der Waals surface area contributed by atoms with Crippen LogP contribution in [-0.2, 0) is 4.79 Å². The number of hydrogen-bond donors (Lipinski definition) is 1. The molecule has 0 bridgehead atoms. The highest BCUT2D eigenvalue weighted by molar-refractivity contribution is 9.10. The Bertz CT molecular complexity index is 403. The number of halogens is 1. The van der Waals surface area contributed by atoms with Gasteiger partial charge in [-0.2, -0.15) is 0 Å². The fourth-order valence-corrected chi connectivity index (χ4v) is 1.89. The van der Waals surface area contributed by atoms with Crippen molar-refractivity contribution >= 4 is 27.5 Å². The van der Waals surface area contributed by atoms with E-state index in [-0.39, 0.29) is 11.8 Å². The molecule has 1 N–H and O–H groups in total. The van der Waals surface area contributed by atoms with Crippen molar-refractivity contribution in [3.63, 3.8) is 0 Å². The summed E-state index contributed by atoms with van der Waals surface area (Å²) in [5, 5.41) is 2.94. The summed E-state index contributed by atoms with van der Waals surface area (Å²) in [6.45, 7) is 4.12. The Balaban J connectivity index is 2.04. The first-order valence-corrected chi connectivity index (χ1v) is 5.94. The van der Waals surface area contributed by atoms with Crippen molar-refractivity contribution in [1.82, 2.24) is 0 Å². The molecule has 0 heterocycles. The van der Waals surface area contributed by atoms with Crippen molar-refractivity contribution in [3.8, 4) is 0 Å². The molecule has 0 spiro atoms. The number of carbonyl (C=O) groups excluding carboxylic acids is 1. The van der Waals surface area contributed by atoms with Crippen molar-refractivity contribution in [2.75, 3.05) is 5.32 Å². The van der Waals surface area contributed by atoms with E-state index in [4.69, 9.17) is 0 Å². The standard InChI is InChI=1S/C12H14BrNO/c1-7-6-10(7)12(15)14-9-3-4-11(13)8(2)5-9/h3-5,7,10H,6H2,1-2H3,(H,14,15)/t7-,10-/m1/s1. The lowest BCUT2D eigenvalue weighted by Gasteiger charge is -2.06. The van der Waals surface area contributed by atoms with Crippen LogP contribution in [0, 0.1) is 18.8 Å². The molecular formula is C12H14BrNO. The predicted molar refractivity (Wildman–Crippen MR) is 64.8 cm³/mol. The molecule has 1 aromatic rings. The predicted octanol–water partition coefficient (Wildman–Crippen LogP) is 3.35. The summed E-state index contributed by atoms with van der Waals surface area (Å²) in [6, 6.07) is 5.86. The van der Waals surface area contributed by atoms with Gasteiger partial charge in [-0.15, -0.1) is 0 Å². The number of benzene rings is 1. The van der Waals surface area contributed by atoms with Crippen LogP contribution in [-0.4, -0.2) is 5.91 Å². The van der Waals surface area contributed by atoms with Gasteiger partial charge in [0.15, 0.2) is 0 Å². The molecule has 0 radical (unpaired) electrons. The van der Waals surface area contributed by atoms with Crippen LogP contribution in [0.1, 0.15) is 18.9 Å². The van der Waals surface area contributed by atoms with Gasteiger partial charge in [0, 0.05) is 16.1 Å². The first-order valence-electron chi connectivity index (χ1n) is 5.15. The molecule has 1 fully saturated rings. The Morgan fingerprint density at radius 2 is 2.20 bits per heavy atom. The molecule has 1 aliphatic rings. The summed E-state index contributed by atoms with van der Waals surface area (Å²) < 4.78 is 1.07. The maximum absolute atomic E-state index is 11.7. The van der Waals surface area contributed by atoms with Crippen LogP contribution in [0.4, 0.5) is 5.69 Å². The van der Waals surface area contributed by atoms with Gasteiger partial charge >= 0.3 is 0 Å². The van der Waals surface area contributed by atoms with Gasteiger partial charge in [-0.1, -0.05) is 22.9 Å². The molecule has 0 aliphatic heterocycles.